The Kier molecular flexibility index (Phi) is 5.98. The van der Waals surface area contributed by atoms with E-state index in [1.54, 1.807) is 21.3 Å². The average molecular weight is 408 g/mol. The van der Waals surface area contributed by atoms with Gasteiger partial charge < -0.3 is 18.6 Å². The van der Waals surface area contributed by atoms with Crippen molar-refractivity contribution >= 4 is 11.0 Å². The lowest BCUT2D eigenvalue weighted by molar-refractivity contribution is 0.328. The van der Waals surface area contributed by atoms with Crippen molar-refractivity contribution in [2.75, 3.05) is 21.3 Å². The zero-order valence-electron chi connectivity index (χ0n) is 18.1. The first-order valence-corrected chi connectivity index (χ1v) is 10.5. The molecule has 0 aliphatic heterocycles. The van der Waals surface area contributed by atoms with Crippen LogP contribution >= 0.6 is 0 Å². The summed E-state index contributed by atoms with van der Waals surface area (Å²) in [5, 5.41) is 1.91. The standard InChI is InChI=1S/C25H29NO4/c1-16-7-5-6-8-20(16)26-21-15-24(17-9-11-23(28-3)25(13-17)29-4)30-22-12-10-18(27-2)14-19(21)22/h9-16,20H,5-8H2,1-4H3. The molecule has 2 atom stereocenters. The molecule has 4 rings (SSSR count). The van der Waals surface area contributed by atoms with Gasteiger partial charge in [0, 0.05) is 17.0 Å². The summed E-state index contributed by atoms with van der Waals surface area (Å²) in [6, 6.07) is 14.0. The van der Waals surface area contributed by atoms with Gasteiger partial charge in [0.2, 0.25) is 0 Å². The van der Waals surface area contributed by atoms with Gasteiger partial charge in [-0.1, -0.05) is 19.8 Å². The number of methoxy groups -OCH3 is 3. The monoisotopic (exact) mass is 407 g/mol. The highest BCUT2D eigenvalue weighted by Crippen LogP contribution is 2.33. The molecule has 0 amide bonds. The van der Waals surface area contributed by atoms with Crippen LogP contribution in [-0.2, 0) is 0 Å². The van der Waals surface area contributed by atoms with Crippen LogP contribution < -0.4 is 19.6 Å². The zero-order chi connectivity index (χ0) is 21.1. The van der Waals surface area contributed by atoms with E-state index in [-0.39, 0.29) is 0 Å². The summed E-state index contributed by atoms with van der Waals surface area (Å²) < 4.78 is 22.6. The molecule has 1 aliphatic carbocycles. The topological polar surface area (TPSA) is 53.2 Å². The molecule has 3 aromatic rings. The Morgan fingerprint density at radius 2 is 1.67 bits per heavy atom. The Morgan fingerprint density at radius 1 is 0.867 bits per heavy atom. The van der Waals surface area contributed by atoms with E-state index in [2.05, 4.69) is 6.92 Å². The van der Waals surface area contributed by atoms with Crippen molar-refractivity contribution in [3.63, 3.8) is 0 Å². The summed E-state index contributed by atoms with van der Waals surface area (Å²) in [6.07, 6.45) is 4.89. The molecule has 1 aromatic heterocycles. The Balaban J connectivity index is 1.90. The van der Waals surface area contributed by atoms with Gasteiger partial charge in [-0.15, -0.1) is 0 Å². The van der Waals surface area contributed by atoms with Gasteiger partial charge in [-0.25, -0.2) is 0 Å². The van der Waals surface area contributed by atoms with E-state index in [1.807, 2.05) is 42.5 Å². The number of hydrogen-bond acceptors (Lipinski definition) is 5. The molecule has 1 saturated carbocycles. The quantitative estimate of drug-likeness (QED) is 0.552. The molecule has 5 nitrogen and oxygen atoms in total. The predicted molar refractivity (Wildman–Crippen MR) is 118 cm³/mol. The number of benzene rings is 2. The fraction of sp³-hybridized carbons (Fsp3) is 0.400. The second-order valence-corrected chi connectivity index (χ2v) is 7.89. The van der Waals surface area contributed by atoms with Gasteiger partial charge in [-0.2, -0.15) is 0 Å². The van der Waals surface area contributed by atoms with Gasteiger partial charge in [-0.05, 0) is 55.2 Å². The van der Waals surface area contributed by atoms with Crippen LogP contribution in [0, 0.1) is 5.92 Å². The van der Waals surface area contributed by atoms with E-state index in [0.717, 1.165) is 39.8 Å². The van der Waals surface area contributed by atoms with Crippen molar-refractivity contribution < 1.29 is 18.6 Å². The number of rotatable bonds is 5. The molecule has 0 spiro atoms. The first-order chi connectivity index (χ1) is 14.6. The summed E-state index contributed by atoms with van der Waals surface area (Å²) in [7, 11) is 4.95. The van der Waals surface area contributed by atoms with Crippen molar-refractivity contribution in [2.45, 2.75) is 38.6 Å². The Labute approximate surface area is 177 Å². The van der Waals surface area contributed by atoms with Crippen molar-refractivity contribution in [2.24, 2.45) is 10.9 Å². The van der Waals surface area contributed by atoms with E-state index in [0.29, 0.717) is 23.5 Å². The molecule has 2 aromatic carbocycles. The van der Waals surface area contributed by atoms with E-state index in [1.165, 1.54) is 19.3 Å². The second kappa shape index (κ2) is 8.82. The minimum Gasteiger partial charge on any atom is -0.497 e. The molecule has 2 unspecified atom stereocenters. The Bertz CT molecular complexity index is 1100. The molecule has 1 fully saturated rings. The van der Waals surface area contributed by atoms with Gasteiger partial charge in [0.15, 0.2) is 11.5 Å². The maximum Gasteiger partial charge on any atom is 0.161 e. The van der Waals surface area contributed by atoms with Crippen LogP contribution in [-0.4, -0.2) is 27.4 Å². The van der Waals surface area contributed by atoms with Crippen LogP contribution in [0.2, 0.25) is 0 Å². The highest BCUT2D eigenvalue weighted by atomic mass is 16.5. The molecule has 158 valence electrons. The molecule has 0 N–H and O–H groups in total. The minimum absolute atomic E-state index is 0.328. The van der Waals surface area contributed by atoms with E-state index < -0.39 is 0 Å². The summed E-state index contributed by atoms with van der Waals surface area (Å²) in [6.45, 7) is 2.30. The Morgan fingerprint density at radius 3 is 2.40 bits per heavy atom. The molecule has 0 radical (unpaired) electrons. The first kappa shape index (κ1) is 20.3. The van der Waals surface area contributed by atoms with Gasteiger partial charge in [0.05, 0.1) is 32.7 Å². The number of hydrogen-bond donors (Lipinski definition) is 0. The highest BCUT2D eigenvalue weighted by molar-refractivity contribution is 5.80. The smallest absolute Gasteiger partial charge is 0.161 e. The van der Waals surface area contributed by atoms with Gasteiger partial charge in [0.25, 0.3) is 0 Å². The number of nitrogens with zero attached hydrogens (tertiary/aromatic N) is 1. The lowest BCUT2D eigenvalue weighted by atomic mass is 9.86. The molecule has 1 aliphatic rings. The fourth-order valence-corrected chi connectivity index (χ4v) is 4.18. The van der Waals surface area contributed by atoms with Crippen LogP contribution in [0.15, 0.2) is 51.9 Å². The summed E-state index contributed by atoms with van der Waals surface area (Å²) in [5.41, 5.74) is 1.70. The third-order valence-corrected chi connectivity index (χ3v) is 5.99. The van der Waals surface area contributed by atoms with E-state index in [4.69, 9.17) is 23.6 Å². The second-order valence-electron chi connectivity index (χ2n) is 7.89. The van der Waals surface area contributed by atoms with Crippen molar-refractivity contribution in [3.05, 3.63) is 47.8 Å². The van der Waals surface area contributed by atoms with E-state index >= 15 is 0 Å². The van der Waals surface area contributed by atoms with Crippen LogP contribution in [0.25, 0.3) is 22.3 Å². The molecule has 0 saturated heterocycles. The predicted octanol–water partition coefficient (Wildman–Crippen LogP) is 5.61. The maximum atomic E-state index is 6.27. The zero-order valence-corrected chi connectivity index (χ0v) is 18.1. The van der Waals surface area contributed by atoms with Gasteiger partial charge >= 0.3 is 0 Å². The van der Waals surface area contributed by atoms with E-state index in [9.17, 15) is 0 Å². The molecule has 0 bridgehead atoms. The van der Waals surface area contributed by atoms with Crippen LogP contribution in [0.4, 0.5) is 0 Å². The van der Waals surface area contributed by atoms with Crippen LogP contribution in [0.5, 0.6) is 17.2 Å². The van der Waals surface area contributed by atoms with Gasteiger partial charge in [0.1, 0.15) is 17.1 Å². The average Bonchev–Trinajstić information content (AvgIpc) is 2.79. The van der Waals surface area contributed by atoms with Crippen LogP contribution in [0.3, 0.4) is 0 Å². The summed E-state index contributed by atoms with van der Waals surface area (Å²) in [5.74, 6) is 3.48. The third-order valence-electron chi connectivity index (χ3n) is 5.99. The Hall–Kier alpha value is -2.95. The minimum atomic E-state index is 0.328. The van der Waals surface area contributed by atoms with Crippen molar-refractivity contribution in [1.82, 2.24) is 0 Å². The maximum absolute atomic E-state index is 6.27. The number of fused-ring (bicyclic) bond motifs is 1. The van der Waals surface area contributed by atoms with Gasteiger partial charge in [-0.3, -0.25) is 4.99 Å². The summed E-state index contributed by atoms with van der Waals surface area (Å²) in [4.78, 5) is 5.19. The fourth-order valence-electron chi connectivity index (χ4n) is 4.18. The normalized spacial score (nSPS) is 19.7. The lowest BCUT2D eigenvalue weighted by Gasteiger charge is -2.25. The van der Waals surface area contributed by atoms with Crippen molar-refractivity contribution in [1.29, 1.82) is 0 Å². The number of ether oxygens (including phenoxy) is 3. The van der Waals surface area contributed by atoms with Crippen molar-refractivity contribution in [3.8, 4) is 28.6 Å². The SMILES string of the molecule is COc1ccc2oc(-c3ccc(OC)c(OC)c3)cc(=NC3CCCCC3C)c2c1. The largest absolute Gasteiger partial charge is 0.497 e. The molecule has 1 heterocycles. The first-order valence-electron chi connectivity index (χ1n) is 10.5. The molecular weight excluding hydrogens is 378 g/mol. The molecular formula is C25H29NO4. The summed E-state index contributed by atoms with van der Waals surface area (Å²) >= 11 is 0. The van der Waals surface area contributed by atoms with Crippen LogP contribution in [0.1, 0.15) is 32.6 Å². The molecule has 5 heteroatoms. The molecule has 30 heavy (non-hydrogen) atoms. The highest BCUT2D eigenvalue weighted by Gasteiger charge is 2.20. The lowest BCUT2D eigenvalue weighted by Crippen LogP contribution is -2.23. The third kappa shape index (κ3) is 4.02.